The van der Waals surface area contributed by atoms with E-state index in [1.807, 2.05) is 18.2 Å². The van der Waals surface area contributed by atoms with E-state index < -0.39 is 11.5 Å². The molecule has 7 nitrogen and oxygen atoms in total. The number of carbonyl (C=O) groups excluding carboxylic acids is 1. The van der Waals surface area contributed by atoms with Crippen molar-refractivity contribution in [1.29, 1.82) is 0 Å². The Hall–Kier alpha value is -2.67. The van der Waals surface area contributed by atoms with Gasteiger partial charge >= 0.3 is 5.97 Å². The van der Waals surface area contributed by atoms with Gasteiger partial charge in [-0.05, 0) is 25.5 Å². The van der Waals surface area contributed by atoms with Crippen molar-refractivity contribution in [3.63, 3.8) is 0 Å². The minimum atomic E-state index is -0.719. The Labute approximate surface area is 141 Å². The second kappa shape index (κ2) is 6.45. The highest BCUT2D eigenvalue weighted by molar-refractivity contribution is 6.31. The van der Waals surface area contributed by atoms with E-state index in [1.54, 1.807) is 19.9 Å². The molecule has 0 bridgehead atoms. The maximum absolute atomic E-state index is 12.8. The van der Waals surface area contributed by atoms with Crippen molar-refractivity contribution >= 4 is 28.7 Å². The predicted molar refractivity (Wildman–Crippen MR) is 87.3 cm³/mol. The molecule has 0 aliphatic heterocycles. The first-order valence-corrected chi connectivity index (χ1v) is 7.68. The smallest absolute Gasteiger partial charge is 0.361 e. The zero-order valence-electron chi connectivity index (χ0n) is 13.1. The molecule has 1 aromatic carbocycles. The first-order chi connectivity index (χ1) is 11.5. The highest BCUT2D eigenvalue weighted by Gasteiger charge is 2.23. The molecule has 8 heteroatoms. The fourth-order valence-corrected chi connectivity index (χ4v) is 2.56. The van der Waals surface area contributed by atoms with Crippen LogP contribution in [0.1, 0.15) is 28.8 Å². The number of aromatic nitrogens is 3. The zero-order chi connectivity index (χ0) is 17.3. The predicted octanol–water partition coefficient (Wildman–Crippen LogP) is 2.57. The summed E-state index contributed by atoms with van der Waals surface area (Å²) in [5, 5.41) is 4.18. The van der Waals surface area contributed by atoms with Gasteiger partial charge in [-0.2, -0.15) is 4.98 Å². The van der Waals surface area contributed by atoms with Crippen LogP contribution >= 0.6 is 11.6 Å². The minimum Gasteiger partial charge on any atom is -0.461 e. The molecular weight excluding hydrogens is 334 g/mol. The second-order valence-electron chi connectivity index (χ2n) is 5.07. The van der Waals surface area contributed by atoms with E-state index in [4.69, 9.17) is 20.9 Å². The number of fused-ring (bicyclic) bond motifs is 1. The van der Waals surface area contributed by atoms with E-state index in [9.17, 15) is 9.59 Å². The highest BCUT2D eigenvalue weighted by Crippen LogP contribution is 2.18. The molecule has 0 saturated heterocycles. The number of halogens is 1. The van der Waals surface area contributed by atoms with Gasteiger partial charge in [-0.3, -0.25) is 9.36 Å². The normalized spacial score (nSPS) is 11.0. The topological polar surface area (TPSA) is 87.2 Å². The summed E-state index contributed by atoms with van der Waals surface area (Å²) in [7, 11) is 0. The fraction of sp³-hybridized carbons (Fsp3) is 0.250. The monoisotopic (exact) mass is 347 g/mol. The van der Waals surface area contributed by atoms with Crippen molar-refractivity contribution in [2.45, 2.75) is 20.4 Å². The average molecular weight is 348 g/mol. The molecule has 3 rings (SSSR count). The Bertz CT molecular complexity index is 977. The van der Waals surface area contributed by atoms with Gasteiger partial charge in [0.1, 0.15) is 11.2 Å². The Balaban J connectivity index is 2.15. The Morgan fingerprint density at radius 2 is 2.12 bits per heavy atom. The molecule has 0 aliphatic carbocycles. The molecule has 0 atom stereocenters. The summed E-state index contributed by atoms with van der Waals surface area (Å²) in [4.78, 5) is 29.0. The number of carbonyl (C=O) groups is 1. The second-order valence-corrected chi connectivity index (χ2v) is 5.48. The molecule has 3 aromatic rings. The number of esters is 1. The van der Waals surface area contributed by atoms with Crippen LogP contribution in [0.4, 0.5) is 0 Å². The van der Waals surface area contributed by atoms with Crippen LogP contribution in [0.5, 0.6) is 0 Å². The Kier molecular flexibility index (Phi) is 4.35. The van der Waals surface area contributed by atoms with Crippen LogP contribution in [0.2, 0.25) is 5.02 Å². The van der Waals surface area contributed by atoms with Crippen molar-refractivity contribution in [2.24, 2.45) is 0 Å². The molecule has 0 spiro atoms. The van der Waals surface area contributed by atoms with E-state index in [1.165, 1.54) is 4.57 Å². The lowest BCUT2D eigenvalue weighted by Crippen LogP contribution is -2.25. The third kappa shape index (κ3) is 2.78. The summed E-state index contributed by atoms with van der Waals surface area (Å²) >= 11 is 6.16. The van der Waals surface area contributed by atoms with E-state index in [2.05, 4.69) is 10.1 Å². The number of hydrogen-bond acceptors (Lipinski definition) is 6. The number of benzene rings is 1. The molecule has 24 heavy (non-hydrogen) atoms. The molecule has 0 N–H and O–H groups in total. The van der Waals surface area contributed by atoms with Gasteiger partial charge < -0.3 is 9.26 Å². The van der Waals surface area contributed by atoms with Gasteiger partial charge in [-0.15, -0.1) is 0 Å². The highest BCUT2D eigenvalue weighted by atomic mass is 35.5. The van der Waals surface area contributed by atoms with Crippen molar-refractivity contribution in [1.82, 2.24) is 14.7 Å². The first kappa shape index (κ1) is 16.2. The molecule has 0 aliphatic rings. The largest absolute Gasteiger partial charge is 0.461 e. The van der Waals surface area contributed by atoms with Crippen LogP contribution in [-0.4, -0.2) is 27.3 Å². The standard InChI is InChI=1S/C16H14ClN3O4/c1-3-23-16(22)13-12-14(24-19-13)18-9(2)20(15(12)21)8-10-6-4-5-7-11(10)17/h4-7H,3,8H2,1-2H3. The number of nitrogens with zero attached hydrogens (tertiary/aromatic N) is 3. The van der Waals surface area contributed by atoms with Gasteiger partial charge in [0.25, 0.3) is 11.3 Å². The lowest BCUT2D eigenvalue weighted by molar-refractivity contribution is 0.0516. The number of aryl methyl sites for hydroxylation is 1. The van der Waals surface area contributed by atoms with Gasteiger partial charge in [0.15, 0.2) is 0 Å². The van der Waals surface area contributed by atoms with E-state index in [0.29, 0.717) is 10.8 Å². The van der Waals surface area contributed by atoms with Crippen LogP contribution in [-0.2, 0) is 11.3 Å². The molecule has 0 unspecified atom stereocenters. The summed E-state index contributed by atoms with van der Waals surface area (Å²) in [6.45, 7) is 3.73. The van der Waals surface area contributed by atoms with Crippen molar-refractivity contribution < 1.29 is 14.1 Å². The molecule has 124 valence electrons. The van der Waals surface area contributed by atoms with Crippen LogP contribution < -0.4 is 5.56 Å². The molecule has 0 amide bonds. The number of hydrogen-bond donors (Lipinski definition) is 0. The molecule has 2 aromatic heterocycles. The Morgan fingerprint density at radius 3 is 2.83 bits per heavy atom. The van der Waals surface area contributed by atoms with Gasteiger partial charge in [-0.1, -0.05) is 35.0 Å². The van der Waals surface area contributed by atoms with Crippen LogP contribution in [0.25, 0.3) is 11.1 Å². The summed E-state index contributed by atoms with van der Waals surface area (Å²) < 4.78 is 11.3. The third-order valence-electron chi connectivity index (χ3n) is 3.54. The maximum Gasteiger partial charge on any atom is 0.361 e. The van der Waals surface area contributed by atoms with Crippen molar-refractivity contribution in [3.05, 3.63) is 56.7 Å². The van der Waals surface area contributed by atoms with E-state index in [0.717, 1.165) is 5.56 Å². The molecule has 0 saturated carbocycles. The average Bonchev–Trinajstić information content (AvgIpc) is 2.97. The molecular formula is C16H14ClN3O4. The molecule has 0 radical (unpaired) electrons. The summed E-state index contributed by atoms with van der Waals surface area (Å²) in [6, 6.07) is 7.20. The fourth-order valence-electron chi connectivity index (χ4n) is 2.36. The van der Waals surface area contributed by atoms with Gasteiger partial charge in [0.2, 0.25) is 5.69 Å². The minimum absolute atomic E-state index is 0.00565. The van der Waals surface area contributed by atoms with Gasteiger partial charge in [0, 0.05) is 5.02 Å². The maximum atomic E-state index is 12.8. The van der Waals surface area contributed by atoms with Crippen LogP contribution in [0.15, 0.2) is 33.6 Å². The molecule has 2 heterocycles. The Morgan fingerprint density at radius 1 is 1.38 bits per heavy atom. The lowest BCUT2D eigenvalue weighted by atomic mass is 10.2. The summed E-state index contributed by atoms with van der Waals surface area (Å²) in [5.74, 6) is -0.290. The van der Waals surface area contributed by atoms with Gasteiger partial charge in [-0.25, -0.2) is 4.79 Å². The SMILES string of the molecule is CCOC(=O)c1noc2nc(C)n(Cc3ccccc3Cl)c(=O)c12. The molecule has 0 fully saturated rings. The van der Waals surface area contributed by atoms with Crippen molar-refractivity contribution in [3.8, 4) is 0 Å². The van der Waals surface area contributed by atoms with E-state index >= 15 is 0 Å². The van der Waals surface area contributed by atoms with Crippen molar-refractivity contribution in [2.75, 3.05) is 6.61 Å². The number of ether oxygens (including phenoxy) is 1. The summed E-state index contributed by atoms with van der Waals surface area (Å²) in [5.41, 5.74) is 0.176. The van der Waals surface area contributed by atoms with Crippen LogP contribution in [0, 0.1) is 6.92 Å². The lowest BCUT2D eigenvalue weighted by Gasteiger charge is -2.10. The van der Waals surface area contributed by atoms with Gasteiger partial charge in [0.05, 0.1) is 13.2 Å². The van der Waals surface area contributed by atoms with Crippen LogP contribution in [0.3, 0.4) is 0 Å². The first-order valence-electron chi connectivity index (χ1n) is 7.30. The zero-order valence-corrected chi connectivity index (χ0v) is 13.8. The third-order valence-corrected chi connectivity index (χ3v) is 3.91. The number of rotatable bonds is 4. The quantitative estimate of drug-likeness (QED) is 0.674. The van der Waals surface area contributed by atoms with E-state index in [-0.39, 0.29) is 29.9 Å². The summed E-state index contributed by atoms with van der Waals surface area (Å²) in [6.07, 6.45) is 0.